The van der Waals surface area contributed by atoms with Crippen LogP contribution in [0.3, 0.4) is 0 Å². The quantitative estimate of drug-likeness (QED) is 0.382. The predicted molar refractivity (Wildman–Crippen MR) is 43.7 cm³/mol. The number of ether oxygens (including phenoxy) is 1. The maximum Gasteiger partial charge on any atom is 0.345 e. The van der Waals surface area contributed by atoms with Crippen molar-refractivity contribution in [3.8, 4) is 0 Å². The maximum atomic E-state index is 11.0. The summed E-state index contributed by atoms with van der Waals surface area (Å²) in [5.74, 6) is -0.973. The van der Waals surface area contributed by atoms with E-state index >= 15 is 0 Å². The third-order valence-corrected chi connectivity index (χ3v) is 1.82. The zero-order valence-corrected chi connectivity index (χ0v) is 7.81. The van der Waals surface area contributed by atoms with Crippen molar-refractivity contribution in [3.63, 3.8) is 0 Å². The predicted octanol–water partition coefficient (Wildman–Crippen LogP) is -0.0343. The highest BCUT2D eigenvalue weighted by Crippen LogP contribution is 2.14. The number of hydrogen-bond donors (Lipinski definition) is 1. The highest BCUT2D eigenvalue weighted by atomic mass is 16.6. The van der Waals surface area contributed by atoms with Gasteiger partial charge in [-0.2, -0.15) is 0 Å². The van der Waals surface area contributed by atoms with E-state index in [1.165, 1.54) is 0 Å². The van der Waals surface area contributed by atoms with E-state index in [0.717, 1.165) is 13.8 Å². The molecule has 1 N–H and O–H groups in total. The molecular weight excluding hydrogens is 178 g/mol. The number of esters is 1. The van der Waals surface area contributed by atoms with Crippen molar-refractivity contribution in [3.05, 3.63) is 10.1 Å². The normalized spacial score (nSPS) is 17.2. The van der Waals surface area contributed by atoms with E-state index in [1.807, 2.05) is 0 Å². The lowest BCUT2D eigenvalue weighted by molar-refractivity contribution is -0.536. The molecule has 0 bridgehead atoms. The summed E-state index contributed by atoms with van der Waals surface area (Å²) in [5.41, 5.74) is -2.07. The Kier molecular flexibility index (Phi) is 3.80. The van der Waals surface area contributed by atoms with Gasteiger partial charge in [-0.1, -0.05) is 0 Å². The van der Waals surface area contributed by atoms with Crippen molar-refractivity contribution in [1.29, 1.82) is 0 Å². The van der Waals surface area contributed by atoms with Gasteiger partial charge >= 0.3 is 5.97 Å². The molecule has 6 nitrogen and oxygen atoms in total. The Morgan fingerprint density at radius 1 is 1.77 bits per heavy atom. The minimum atomic E-state index is -2.07. The molecule has 0 rings (SSSR count). The molecule has 0 aliphatic rings. The van der Waals surface area contributed by atoms with Gasteiger partial charge in [0.25, 0.3) is 0 Å². The molecule has 0 saturated heterocycles. The smallest absolute Gasteiger partial charge is 0.345 e. The summed E-state index contributed by atoms with van der Waals surface area (Å²) in [6.45, 7) is 3.86. The minimum Gasteiger partial charge on any atom is -0.464 e. The molecule has 0 heterocycles. The van der Waals surface area contributed by atoms with Crippen molar-refractivity contribution in [2.45, 2.75) is 32.4 Å². The molecular formula is C7H13NO5. The van der Waals surface area contributed by atoms with E-state index in [-0.39, 0.29) is 6.61 Å². The summed E-state index contributed by atoms with van der Waals surface area (Å²) in [4.78, 5) is 20.6. The third kappa shape index (κ3) is 2.66. The molecule has 0 unspecified atom stereocenters. The molecule has 0 aliphatic carbocycles. The fourth-order valence-electron chi connectivity index (χ4n) is 0.653. The average Bonchev–Trinajstić information content (AvgIpc) is 2.03. The Balaban J connectivity index is 4.54. The van der Waals surface area contributed by atoms with Crippen LogP contribution in [0.25, 0.3) is 0 Å². The highest BCUT2D eigenvalue weighted by Gasteiger charge is 2.45. The standard InChI is InChI=1S/C7H13NO5/c1-4-13-6(9)7(3,10)5(2)8(11)12/h5,10H,4H2,1-3H3/t5-,7+/m0/s1. The first-order chi connectivity index (χ1) is 5.84. The van der Waals surface area contributed by atoms with E-state index < -0.39 is 22.5 Å². The first-order valence-electron chi connectivity index (χ1n) is 3.87. The topological polar surface area (TPSA) is 89.7 Å². The average molecular weight is 191 g/mol. The van der Waals surface area contributed by atoms with Gasteiger partial charge in [0.05, 0.1) is 6.61 Å². The largest absolute Gasteiger partial charge is 0.464 e. The summed E-state index contributed by atoms with van der Waals surface area (Å²) in [6, 6.07) is -1.38. The van der Waals surface area contributed by atoms with Gasteiger partial charge in [-0.25, -0.2) is 4.79 Å². The van der Waals surface area contributed by atoms with Crippen LogP contribution in [0.1, 0.15) is 20.8 Å². The van der Waals surface area contributed by atoms with E-state index in [1.54, 1.807) is 6.92 Å². The second-order valence-corrected chi connectivity index (χ2v) is 2.83. The maximum absolute atomic E-state index is 11.0. The number of nitrogens with zero attached hydrogens (tertiary/aromatic N) is 1. The summed E-state index contributed by atoms with van der Waals surface area (Å²) in [5, 5.41) is 19.7. The van der Waals surface area contributed by atoms with Gasteiger partial charge in [-0.15, -0.1) is 0 Å². The Labute approximate surface area is 75.7 Å². The van der Waals surface area contributed by atoms with Crippen molar-refractivity contribution in [2.75, 3.05) is 6.61 Å². The van der Waals surface area contributed by atoms with Gasteiger partial charge < -0.3 is 9.84 Å². The van der Waals surface area contributed by atoms with Crippen LogP contribution < -0.4 is 0 Å². The third-order valence-electron chi connectivity index (χ3n) is 1.82. The van der Waals surface area contributed by atoms with Crippen LogP contribution in [-0.4, -0.2) is 34.2 Å². The van der Waals surface area contributed by atoms with Crippen molar-refractivity contribution >= 4 is 5.97 Å². The first kappa shape index (κ1) is 11.8. The number of aliphatic hydroxyl groups is 1. The second-order valence-electron chi connectivity index (χ2n) is 2.83. The first-order valence-corrected chi connectivity index (χ1v) is 3.87. The van der Waals surface area contributed by atoms with E-state index in [0.29, 0.717) is 0 Å². The van der Waals surface area contributed by atoms with Crippen LogP contribution in [0, 0.1) is 10.1 Å². The Bertz CT molecular complexity index is 213. The minimum absolute atomic E-state index is 0.0828. The van der Waals surface area contributed by atoms with Crippen LogP contribution in [-0.2, 0) is 9.53 Å². The van der Waals surface area contributed by atoms with E-state index in [2.05, 4.69) is 4.74 Å². The number of carbonyl (C=O) groups is 1. The Morgan fingerprint density at radius 2 is 2.23 bits per heavy atom. The number of rotatable bonds is 4. The van der Waals surface area contributed by atoms with Gasteiger partial charge in [0.15, 0.2) is 0 Å². The van der Waals surface area contributed by atoms with Gasteiger partial charge in [0.1, 0.15) is 0 Å². The molecule has 76 valence electrons. The number of hydrogen-bond acceptors (Lipinski definition) is 5. The lowest BCUT2D eigenvalue weighted by atomic mass is 9.99. The number of nitro groups is 1. The molecule has 0 amide bonds. The summed E-state index contributed by atoms with van der Waals surface area (Å²) >= 11 is 0. The van der Waals surface area contributed by atoms with Gasteiger partial charge in [-0.3, -0.25) is 10.1 Å². The summed E-state index contributed by atoms with van der Waals surface area (Å²) in [7, 11) is 0. The molecule has 0 spiro atoms. The lowest BCUT2D eigenvalue weighted by Gasteiger charge is -2.21. The zero-order valence-electron chi connectivity index (χ0n) is 7.81. The van der Waals surface area contributed by atoms with Gasteiger partial charge in [-0.05, 0) is 13.8 Å². The molecule has 0 aromatic heterocycles. The van der Waals surface area contributed by atoms with Crippen molar-refractivity contribution in [2.24, 2.45) is 0 Å². The SMILES string of the molecule is CCOC(=O)[C@](C)(O)[C@H](C)[N+](=O)[O-]. The zero-order chi connectivity index (χ0) is 10.6. The van der Waals surface area contributed by atoms with E-state index in [9.17, 15) is 20.0 Å². The number of carbonyl (C=O) groups excluding carboxylic acids is 1. The summed E-state index contributed by atoms with van der Waals surface area (Å²) < 4.78 is 4.48. The Hall–Kier alpha value is -1.17. The van der Waals surface area contributed by atoms with Crippen LogP contribution >= 0.6 is 0 Å². The molecule has 13 heavy (non-hydrogen) atoms. The Morgan fingerprint density at radius 3 is 2.54 bits per heavy atom. The molecule has 6 heteroatoms. The summed E-state index contributed by atoms with van der Waals surface area (Å²) in [6.07, 6.45) is 0. The molecule has 0 aromatic carbocycles. The van der Waals surface area contributed by atoms with Crippen molar-refractivity contribution < 1.29 is 19.6 Å². The molecule has 2 atom stereocenters. The molecule has 0 radical (unpaired) electrons. The van der Waals surface area contributed by atoms with Crippen LogP contribution in [0.5, 0.6) is 0 Å². The second kappa shape index (κ2) is 4.18. The van der Waals surface area contributed by atoms with Gasteiger partial charge in [0.2, 0.25) is 11.6 Å². The fourth-order valence-corrected chi connectivity index (χ4v) is 0.653. The van der Waals surface area contributed by atoms with E-state index in [4.69, 9.17) is 0 Å². The van der Waals surface area contributed by atoms with Crippen molar-refractivity contribution in [1.82, 2.24) is 0 Å². The highest BCUT2D eigenvalue weighted by molar-refractivity contribution is 5.79. The lowest BCUT2D eigenvalue weighted by Crippen LogP contribution is -2.50. The molecule has 0 saturated carbocycles. The fraction of sp³-hybridized carbons (Fsp3) is 0.857. The van der Waals surface area contributed by atoms with Crippen LogP contribution in [0.4, 0.5) is 0 Å². The molecule has 0 aliphatic heterocycles. The molecule has 0 aromatic rings. The molecule has 0 fully saturated rings. The van der Waals surface area contributed by atoms with Crippen LogP contribution in [0.15, 0.2) is 0 Å². The van der Waals surface area contributed by atoms with Gasteiger partial charge in [0, 0.05) is 11.8 Å². The monoisotopic (exact) mass is 191 g/mol. The van der Waals surface area contributed by atoms with Crippen LogP contribution in [0.2, 0.25) is 0 Å².